The van der Waals surface area contributed by atoms with Gasteiger partial charge in [0.2, 0.25) is 0 Å². The second kappa shape index (κ2) is 6.73. The predicted octanol–water partition coefficient (Wildman–Crippen LogP) is 1.16. The lowest BCUT2D eigenvalue weighted by Crippen LogP contribution is -2.47. The molecular weight excluding hydrogens is 244 g/mol. The molecule has 1 atom stereocenters. The van der Waals surface area contributed by atoms with E-state index in [4.69, 9.17) is 4.42 Å². The number of aliphatic hydroxyl groups excluding tert-OH is 1. The van der Waals surface area contributed by atoms with E-state index >= 15 is 0 Å². The van der Waals surface area contributed by atoms with Crippen LogP contribution in [0, 0.1) is 6.92 Å². The summed E-state index contributed by atoms with van der Waals surface area (Å²) in [5, 5.41) is 12.2. The zero-order chi connectivity index (χ0) is 13.7. The minimum Gasteiger partial charge on any atom is -0.456 e. The summed E-state index contributed by atoms with van der Waals surface area (Å²) in [4.78, 5) is 14.2. The van der Waals surface area contributed by atoms with Gasteiger partial charge < -0.3 is 19.7 Å². The number of rotatable bonds is 5. The lowest BCUT2D eigenvalue weighted by molar-refractivity contribution is 0.0858. The normalized spacial score (nSPS) is 18.2. The number of hydrogen-bond donors (Lipinski definition) is 2. The van der Waals surface area contributed by atoms with Crippen molar-refractivity contribution < 1.29 is 14.3 Å². The Balaban J connectivity index is 1.85. The van der Waals surface area contributed by atoms with E-state index in [1.54, 1.807) is 19.1 Å². The molecular formula is C14H22N2O3. The molecule has 1 aromatic rings. The lowest BCUT2D eigenvalue weighted by Gasteiger charge is -2.29. The number of aliphatic hydroxyl groups is 1. The van der Waals surface area contributed by atoms with E-state index in [0.717, 1.165) is 13.1 Å². The maximum Gasteiger partial charge on any atom is 0.287 e. The van der Waals surface area contributed by atoms with Gasteiger partial charge in [-0.1, -0.05) is 6.42 Å². The molecule has 0 aromatic carbocycles. The number of carbonyl (C=O) groups excluding carboxylic acids is 1. The topological polar surface area (TPSA) is 65.7 Å². The SMILES string of the molecule is Cc1ccc(C(=O)NC(CO)CN2CCCCC2)o1. The van der Waals surface area contributed by atoms with Gasteiger partial charge in [0.15, 0.2) is 5.76 Å². The summed E-state index contributed by atoms with van der Waals surface area (Å²) in [6, 6.07) is 3.17. The summed E-state index contributed by atoms with van der Waals surface area (Å²) in [7, 11) is 0. The number of amides is 1. The van der Waals surface area contributed by atoms with Gasteiger partial charge >= 0.3 is 0 Å². The van der Waals surface area contributed by atoms with Crippen LogP contribution in [0.4, 0.5) is 0 Å². The quantitative estimate of drug-likeness (QED) is 0.839. The Labute approximate surface area is 113 Å². The molecule has 2 rings (SSSR count). The molecule has 0 bridgehead atoms. The van der Waals surface area contributed by atoms with Crippen molar-refractivity contribution in [3.63, 3.8) is 0 Å². The molecule has 1 saturated heterocycles. The van der Waals surface area contributed by atoms with Crippen LogP contribution in [0.2, 0.25) is 0 Å². The molecule has 1 amide bonds. The minimum atomic E-state index is -0.260. The molecule has 0 radical (unpaired) electrons. The van der Waals surface area contributed by atoms with Crippen molar-refractivity contribution in [3.8, 4) is 0 Å². The number of furan rings is 1. The second-order valence-electron chi connectivity index (χ2n) is 5.12. The molecule has 5 nitrogen and oxygen atoms in total. The summed E-state index contributed by atoms with van der Waals surface area (Å²) >= 11 is 0. The number of nitrogens with one attached hydrogen (secondary N) is 1. The monoisotopic (exact) mass is 266 g/mol. The van der Waals surface area contributed by atoms with Gasteiger partial charge in [0.25, 0.3) is 5.91 Å². The summed E-state index contributed by atoms with van der Waals surface area (Å²) in [6.45, 7) is 4.54. The van der Waals surface area contributed by atoms with E-state index in [-0.39, 0.29) is 18.6 Å². The average Bonchev–Trinajstić information content (AvgIpc) is 2.86. The van der Waals surface area contributed by atoms with Crippen LogP contribution in [0.25, 0.3) is 0 Å². The van der Waals surface area contributed by atoms with Crippen molar-refractivity contribution in [3.05, 3.63) is 23.7 Å². The molecule has 106 valence electrons. The number of nitrogens with zero attached hydrogens (tertiary/aromatic N) is 1. The van der Waals surface area contributed by atoms with E-state index in [0.29, 0.717) is 18.1 Å². The molecule has 1 unspecified atom stereocenters. The lowest BCUT2D eigenvalue weighted by atomic mass is 10.1. The van der Waals surface area contributed by atoms with Gasteiger partial charge in [-0.05, 0) is 45.0 Å². The third-order valence-corrected chi connectivity index (χ3v) is 3.45. The number of carbonyl (C=O) groups is 1. The van der Waals surface area contributed by atoms with Crippen LogP contribution in [-0.2, 0) is 0 Å². The third-order valence-electron chi connectivity index (χ3n) is 3.45. The van der Waals surface area contributed by atoms with Crippen LogP contribution in [-0.4, -0.2) is 48.2 Å². The molecule has 0 saturated carbocycles. The van der Waals surface area contributed by atoms with Crippen molar-refractivity contribution in [1.82, 2.24) is 10.2 Å². The largest absolute Gasteiger partial charge is 0.456 e. The first-order valence-corrected chi connectivity index (χ1v) is 6.89. The molecule has 5 heteroatoms. The summed E-state index contributed by atoms with van der Waals surface area (Å²) in [6.07, 6.45) is 3.67. The van der Waals surface area contributed by atoms with Gasteiger partial charge in [0.05, 0.1) is 12.6 Å². The molecule has 1 aliphatic rings. The first-order chi connectivity index (χ1) is 9.19. The minimum absolute atomic E-state index is 0.0536. The van der Waals surface area contributed by atoms with Crippen LogP contribution in [0.3, 0.4) is 0 Å². The third kappa shape index (κ3) is 4.08. The molecule has 2 N–H and O–H groups in total. The van der Waals surface area contributed by atoms with Crippen LogP contribution in [0.5, 0.6) is 0 Å². The highest BCUT2D eigenvalue weighted by atomic mass is 16.3. The van der Waals surface area contributed by atoms with Crippen molar-refractivity contribution in [1.29, 1.82) is 0 Å². The predicted molar refractivity (Wildman–Crippen MR) is 72.1 cm³/mol. The van der Waals surface area contributed by atoms with Gasteiger partial charge in [-0.3, -0.25) is 4.79 Å². The standard InChI is InChI=1S/C14H22N2O3/c1-11-5-6-13(19-11)14(18)15-12(10-17)9-16-7-3-2-4-8-16/h5-6,12,17H,2-4,7-10H2,1H3,(H,15,18). The maximum absolute atomic E-state index is 11.9. The van der Waals surface area contributed by atoms with Crippen molar-refractivity contribution in [2.75, 3.05) is 26.2 Å². The van der Waals surface area contributed by atoms with Crippen molar-refractivity contribution in [2.24, 2.45) is 0 Å². The molecule has 0 spiro atoms. The fraction of sp³-hybridized carbons (Fsp3) is 0.643. The van der Waals surface area contributed by atoms with Crippen LogP contribution in [0.1, 0.15) is 35.6 Å². The fourth-order valence-electron chi connectivity index (χ4n) is 2.42. The van der Waals surface area contributed by atoms with Gasteiger partial charge in [-0.15, -0.1) is 0 Å². The first kappa shape index (κ1) is 14.1. The number of piperidine rings is 1. The summed E-state index contributed by atoms with van der Waals surface area (Å²) in [5.74, 6) is 0.750. The van der Waals surface area contributed by atoms with Crippen molar-refractivity contribution in [2.45, 2.75) is 32.2 Å². The van der Waals surface area contributed by atoms with Crippen LogP contribution >= 0.6 is 0 Å². The Morgan fingerprint density at radius 1 is 1.42 bits per heavy atom. The highest BCUT2D eigenvalue weighted by molar-refractivity contribution is 5.91. The van der Waals surface area contributed by atoms with E-state index in [1.807, 2.05) is 0 Å². The molecule has 1 aromatic heterocycles. The Bertz CT molecular complexity index is 411. The number of aryl methyl sites for hydroxylation is 1. The highest BCUT2D eigenvalue weighted by Crippen LogP contribution is 2.10. The van der Waals surface area contributed by atoms with E-state index in [9.17, 15) is 9.90 Å². The Kier molecular flexibility index (Phi) is 4.99. The van der Waals surface area contributed by atoms with Gasteiger partial charge in [-0.2, -0.15) is 0 Å². The average molecular weight is 266 g/mol. The van der Waals surface area contributed by atoms with Crippen LogP contribution in [0.15, 0.2) is 16.5 Å². The first-order valence-electron chi connectivity index (χ1n) is 6.89. The molecule has 2 heterocycles. The number of hydrogen-bond acceptors (Lipinski definition) is 4. The molecule has 0 aliphatic carbocycles. The Hall–Kier alpha value is -1.33. The maximum atomic E-state index is 11.9. The van der Waals surface area contributed by atoms with E-state index < -0.39 is 0 Å². The van der Waals surface area contributed by atoms with Gasteiger partial charge in [-0.25, -0.2) is 0 Å². The highest BCUT2D eigenvalue weighted by Gasteiger charge is 2.19. The number of likely N-dealkylation sites (tertiary alicyclic amines) is 1. The molecule has 19 heavy (non-hydrogen) atoms. The van der Waals surface area contributed by atoms with Crippen molar-refractivity contribution >= 4 is 5.91 Å². The zero-order valence-electron chi connectivity index (χ0n) is 11.4. The van der Waals surface area contributed by atoms with E-state index in [2.05, 4.69) is 10.2 Å². The smallest absolute Gasteiger partial charge is 0.287 e. The van der Waals surface area contributed by atoms with Crippen LogP contribution < -0.4 is 5.32 Å². The summed E-state index contributed by atoms with van der Waals surface area (Å²) in [5.41, 5.74) is 0. The van der Waals surface area contributed by atoms with Gasteiger partial charge in [0.1, 0.15) is 5.76 Å². The molecule has 1 aliphatic heterocycles. The van der Waals surface area contributed by atoms with E-state index in [1.165, 1.54) is 19.3 Å². The van der Waals surface area contributed by atoms with Gasteiger partial charge in [0, 0.05) is 6.54 Å². The Morgan fingerprint density at radius 3 is 2.74 bits per heavy atom. The summed E-state index contributed by atoms with van der Waals surface area (Å²) < 4.78 is 5.27. The zero-order valence-corrected chi connectivity index (χ0v) is 11.4. The molecule has 1 fully saturated rings. The fourth-order valence-corrected chi connectivity index (χ4v) is 2.42. The Morgan fingerprint density at radius 2 is 2.16 bits per heavy atom. The second-order valence-corrected chi connectivity index (χ2v) is 5.12.